The highest BCUT2D eigenvalue weighted by molar-refractivity contribution is 5.96. The Balaban J connectivity index is 2.25. The van der Waals surface area contributed by atoms with Crippen molar-refractivity contribution in [2.75, 3.05) is 6.54 Å². The quantitative estimate of drug-likeness (QED) is 0.870. The van der Waals surface area contributed by atoms with Gasteiger partial charge in [0, 0.05) is 19.1 Å². The van der Waals surface area contributed by atoms with E-state index in [1.54, 1.807) is 10.6 Å². The number of amides is 1. The Morgan fingerprint density at radius 3 is 2.45 bits per heavy atom. The second-order valence-corrected chi connectivity index (χ2v) is 5.29. The minimum absolute atomic E-state index is 0.0318. The molecule has 20 heavy (non-hydrogen) atoms. The van der Waals surface area contributed by atoms with Gasteiger partial charge in [-0.2, -0.15) is 0 Å². The lowest BCUT2D eigenvalue weighted by atomic mass is 10.0. The van der Waals surface area contributed by atoms with E-state index < -0.39 is 5.97 Å². The van der Waals surface area contributed by atoms with Crippen LogP contribution in [0.1, 0.15) is 60.5 Å². The van der Waals surface area contributed by atoms with E-state index in [0.717, 1.165) is 25.7 Å². The molecular weight excluding hydrogens is 256 g/mol. The fraction of sp³-hybridized carbons (Fsp3) is 0.600. The van der Waals surface area contributed by atoms with Gasteiger partial charge in [-0.1, -0.05) is 26.7 Å². The highest BCUT2D eigenvalue weighted by atomic mass is 16.4. The summed E-state index contributed by atoms with van der Waals surface area (Å²) in [7, 11) is 0. The summed E-state index contributed by atoms with van der Waals surface area (Å²) in [6.07, 6.45) is 4.11. The monoisotopic (exact) mass is 278 g/mol. The molecule has 0 aromatic carbocycles. The second-order valence-electron chi connectivity index (χ2n) is 5.29. The molecule has 0 saturated carbocycles. The number of carbonyl (C=O) groups is 2. The Morgan fingerprint density at radius 2 is 1.90 bits per heavy atom. The fourth-order valence-electron chi connectivity index (χ4n) is 3.01. The molecule has 0 bridgehead atoms. The van der Waals surface area contributed by atoms with Crippen molar-refractivity contribution < 1.29 is 14.7 Å². The number of fused-ring (bicyclic) bond motifs is 1. The van der Waals surface area contributed by atoms with E-state index in [1.807, 2.05) is 4.90 Å². The lowest BCUT2D eigenvalue weighted by Crippen LogP contribution is -2.46. The van der Waals surface area contributed by atoms with E-state index in [-0.39, 0.29) is 17.6 Å². The van der Waals surface area contributed by atoms with E-state index in [2.05, 4.69) is 13.8 Å². The van der Waals surface area contributed by atoms with E-state index in [9.17, 15) is 9.59 Å². The average Bonchev–Trinajstić information content (AvgIpc) is 2.84. The fourth-order valence-corrected chi connectivity index (χ4v) is 3.01. The molecule has 5 nitrogen and oxygen atoms in total. The zero-order valence-electron chi connectivity index (χ0n) is 12.1. The molecule has 2 rings (SSSR count). The number of hydrogen-bond acceptors (Lipinski definition) is 2. The first kappa shape index (κ1) is 14.6. The van der Waals surface area contributed by atoms with Crippen LogP contribution in [0.3, 0.4) is 0 Å². The van der Waals surface area contributed by atoms with Crippen LogP contribution in [-0.4, -0.2) is 39.0 Å². The van der Waals surface area contributed by atoms with Gasteiger partial charge >= 0.3 is 5.97 Å². The van der Waals surface area contributed by atoms with Gasteiger partial charge < -0.3 is 14.6 Å². The molecule has 1 N–H and O–H groups in total. The van der Waals surface area contributed by atoms with Gasteiger partial charge in [-0.15, -0.1) is 0 Å². The lowest BCUT2D eigenvalue weighted by molar-refractivity contribution is 0.0586. The maximum absolute atomic E-state index is 12.6. The summed E-state index contributed by atoms with van der Waals surface area (Å²) in [6, 6.07) is 3.43. The molecule has 1 aliphatic rings. The van der Waals surface area contributed by atoms with Gasteiger partial charge in [0.15, 0.2) is 0 Å². The summed E-state index contributed by atoms with van der Waals surface area (Å²) in [5.41, 5.74) is 0.710. The maximum atomic E-state index is 12.6. The molecule has 0 unspecified atom stereocenters. The van der Waals surface area contributed by atoms with E-state index in [0.29, 0.717) is 18.8 Å². The van der Waals surface area contributed by atoms with Crippen LogP contribution in [0.5, 0.6) is 0 Å². The molecule has 1 aromatic rings. The van der Waals surface area contributed by atoms with Crippen molar-refractivity contribution in [3.05, 3.63) is 23.5 Å². The topological polar surface area (TPSA) is 62.5 Å². The number of carboxylic acids is 1. The number of aromatic carboxylic acids is 1. The van der Waals surface area contributed by atoms with Gasteiger partial charge in [0.05, 0.1) is 0 Å². The van der Waals surface area contributed by atoms with Gasteiger partial charge in [-0.25, -0.2) is 4.79 Å². The molecule has 0 aliphatic carbocycles. The summed E-state index contributed by atoms with van der Waals surface area (Å²) in [6.45, 7) is 5.43. The number of carboxylic acid groups (broad SMARTS) is 1. The second kappa shape index (κ2) is 6.11. The van der Waals surface area contributed by atoms with E-state index in [1.165, 1.54) is 6.07 Å². The Morgan fingerprint density at radius 1 is 1.25 bits per heavy atom. The molecule has 5 heteroatoms. The van der Waals surface area contributed by atoms with Crippen molar-refractivity contribution in [2.24, 2.45) is 0 Å². The molecule has 110 valence electrons. The normalized spacial score (nSPS) is 14.8. The Kier molecular flexibility index (Phi) is 4.47. The van der Waals surface area contributed by atoms with Crippen molar-refractivity contribution in [1.29, 1.82) is 0 Å². The maximum Gasteiger partial charge on any atom is 0.352 e. The van der Waals surface area contributed by atoms with Crippen molar-refractivity contribution in [2.45, 2.75) is 52.1 Å². The molecule has 0 spiro atoms. The molecule has 0 saturated heterocycles. The highest BCUT2D eigenvalue weighted by Crippen LogP contribution is 2.22. The third-order valence-electron chi connectivity index (χ3n) is 3.93. The number of hydrogen-bond donors (Lipinski definition) is 1. The minimum Gasteiger partial charge on any atom is -0.477 e. The summed E-state index contributed by atoms with van der Waals surface area (Å²) >= 11 is 0. The smallest absolute Gasteiger partial charge is 0.352 e. The van der Waals surface area contributed by atoms with Gasteiger partial charge in [-0.05, 0) is 25.0 Å². The zero-order chi connectivity index (χ0) is 14.7. The predicted octanol–water partition coefficient (Wildman–Crippen LogP) is 2.61. The Bertz CT molecular complexity index is 501. The Hall–Kier alpha value is -1.78. The van der Waals surface area contributed by atoms with Crippen LogP contribution in [0.15, 0.2) is 12.1 Å². The molecule has 1 aromatic heterocycles. The zero-order valence-corrected chi connectivity index (χ0v) is 12.1. The van der Waals surface area contributed by atoms with Crippen LogP contribution in [0.4, 0.5) is 0 Å². The average molecular weight is 278 g/mol. The van der Waals surface area contributed by atoms with Crippen molar-refractivity contribution >= 4 is 11.9 Å². The van der Waals surface area contributed by atoms with E-state index >= 15 is 0 Å². The minimum atomic E-state index is -0.976. The van der Waals surface area contributed by atoms with Gasteiger partial charge in [-0.3, -0.25) is 4.79 Å². The summed E-state index contributed by atoms with van der Waals surface area (Å²) in [5, 5.41) is 9.11. The largest absolute Gasteiger partial charge is 0.477 e. The first-order chi connectivity index (χ1) is 9.60. The summed E-state index contributed by atoms with van der Waals surface area (Å²) < 4.78 is 1.62. The molecule has 2 heterocycles. The molecule has 0 radical (unpaired) electrons. The first-order valence-electron chi connectivity index (χ1n) is 7.33. The van der Waals surface area contributed by atoms with Gasteiger partial charge in [0.2, 0.25) is 0 Å². The first-order valence-corrected chi connectivity index (χ1v) is 7.33. The number of carbonyl (C=O) groups excluding carboxylic acids is 1. The van der Waals surface area contributed by atoms with Crippen LogP contribution in [0.2, 0.25) is 0 Å². The molecular formula is C15H22N2O3. The number of aromatic nitrogens is 1. The third kappa shape index (κ3) is 2.57. The Labute approximate surface area is 119 Å². The number of rotatable bonds is 6. The van der Waals surface area contributed by atoms with Crippen LogP contribution in [0.25, 0.3) is 0 Å². The third-order valence-corrected chi connectivity index (χ3v) is 3.93. The van der Waals surface area contributed by atoms with Crippen molar-refractivity contribution in [3.8, 4) is 0 Å². The number of nitrogens with zero attached hydrogens (tertiary/aromatic N) is 2. The SMILES string of the molecule is CCCC(CCC)N1CCn2c(C(=O)O)ccc2C1=O. The molecule has 1 aliphatic heterocycles. The van der Waals surface area contributed by atoms with Crippen molar-refractivity contribution in [3.63, 3.8) is 0 Å². The summed E-state index contributed by atoms with van der Waals surface area (Å²) in [5.74, 6) is -1.01. The predicted molar refractivity (Wildman–Crippen MR) is 76.0 cm³/mol. The van der Waals surface area contributed by atoms with Gasteiger partial charge in [0.1, 0.15) is 11.4 Å². The lowest BCUT2D eigenvalue weighted by Gasteiger charge is -2.35. The molecule has 0 fully saturated rings. The van der Waals surface area contributed by atoms with Gasteiger partial charge in [0.25, 0.3) is 5.91 Å². The van der Waals surface area contributed by atoms with Crippen LogP contribution in [-0.2, 0) is 6.54 Å². The highest BCUT2D eigenvalue weighted by Gasteiger charge is 2.31. The van der Waals surface area contributed by atoms with Crippen LogP contribution < -0.4 is 0 Å². The molecule has 0 atom stereocenters. The van der Waals surface area contributed by atoms with E-state index in [4.69, 9.17) is 5.11 Å². The van der Waals surface area contributed by atoms with Crippen LogP contribution in [0, 0.1) is 0 Å². The standard InChI is InChI=1S/C15H22N2O3/c1-3-5-11(6-4-2)16-9-10-17-12(14(16)18)7-8-13(17)15(19)20/h7-8,11H,3-6,9-10H2,1-2H3,(H,19,20). The van der Waals surface area contributed by atoms with Crippen molar-refractivity contribution in [1.82, 2.24) is 9.47 Å². The molecule has 1 amide bonds. The summed E-state index contributed by atoms with van der Waals surface area (Å²) in [4.78, 5) is 25.6. The van der Waals surface area contributed by atoms with Crippen LogP contribution >= 0.6 is 0 Å².